The first-order valence-corrected chi connectivity index (χ1v) is 8.49. The Morgan fingerprint density at radius 3 is 2.65 bits per heavy atom. The number of thiophene rings is 1. The molecule has 110 valence electrons. The number of rotatable bonds is 6. The molecule has 1 unspecified atom stereocenters. The monoisotopic (exact) mass is 311 g/mol. The maximum atomic E-state index is 6.11. The molecule has 0 aliphatic carbocycles. The van der Waals surface area contributed by atoms with Crippen LogP contribution in [0.15, 0.2) is 6.07 Å². The summed E-state index contributed by atoms with van der Waals surface area (Å²) in [5, 5.41) is 1.49. The van der Waals surface area contributed by atoms with E-state index in [9.17, 15) is 0 Å². The van der Waals surface area contributed by atoms with Crippen LogP contribution >= 0.6 is 22.9 Å². The van der Waals surface area contributed by atoms with Crippen LogP contribution in [-0.4, -0.2) is 23.1 Å². The van der Waals surface area contributed by atoms with Gasteiger partial charge in [-0.05, 0) is 36.9 Å². The molecular formula is C15H22ClN3S. The molecule has 0 saturated carbocycles. The number of aryl methyl sites for hydroxylation is 1. The van der Waals surface area contributed by atoms with Crippen molar-refractivity contribution in [3.63, 3.8) is 0 Å². The molecule has 0 radical (unpaired) electrons. The van der Waals surface area contributed by atoms with Gasteiger partial charge in [0.15, 0.2) is 0 Å². The molecule has 2 aromatic heterocycles. The number of nitrogens with zero attached hydrogens (tertiary/aromatic N) is 3. The fourth-order valence-corrected chi connectivity index (χ4v) is 3.39. The van der Waals surface area contributed by atoms with E-state index in [0.717, 1.165) is 35.5 Å². The van der Waals surface area contributed by atoms with Gasteiger partial charge >= 0.3 is 0 Å². The van der Waals surface area contributed by atoms with Gasteiger partial charge in [-0.15, -0.1) is 11.3 Å². The van der Waals surface area contributed by atoms with Gasteiger partial charge < -0.3 is 4.90 Å². The van der Waals surface area contributed by atoms with Crippen LogP contribution in [0.5, 0.6) is 0 Å². The van der Waals surface area contributed by atoms with Crippen molar-refractivity contribution in [2.75, 3.05) is 18.0 Å². The highest BCUT2D eigenvalue weighted by Gasteiger charge is 2.16. The predicted molar refractivity (Wildman–Crippen MR) is 89.1 cm³/mol. The average Bonchev–Trinajstić information content (AvgIpc) is 2.86. The Bertz CT molecular complexity index is 582. The summed E-state index contributed by atoms with van der Waals surface area (Å²) in [6.07, 6.45) is 2.19. The van der Waals surface area contributed by atoms with Crippen LogP contribution < -0.4 is 4.90 Å². The zero-order valence-electron chi connectivity index (χ0n) is 12.6. The largest absolute Gasteiger partial charge is 0.356 e. The maximum Gasteiger partial charge on any atom is 0.225 e. The van der Waals surface area contributed by atoms with Gasteiger partial charge in [-0.2, -0.15) is 4.98 Å². The van der Waals surface area contributed by atoms with Crippen molar-refractivity contribution in [1.29, 1.82) is 0 Å². The summed E-state index contributed by atoms with van der Waals surface area (Å²) in [7, 11) is 0. The van der Waals surface area contributed by atoms with Gasteiger partial charge in [0.05, 0.1) is 5.39 Å². The van der Waals surface area contributed by atoms with Crippen molar-refractivity contribution in [2.45, 2.75) is 40.5 Å². The molecule has 0 fully saturated rings. The summed E-state index contributed by atoms with van der Waals surface area (Å²) in [5.74, 6) is 1.63. The summed E-state index contributed by atoms with van der Waals surface area (Å²) in [6.45, 7) is 10.8. The minimum Gasteiger partial charge on any atom is -0.356 e. The van der Waals surface area contributed by atoms with Crippen molar-refractivity contribution in [2.24, 2.45) is 5.92 Å². The number of fused-ring (bicyclic) bond motifs is 1. The Labute approximate surface area is 130 Å². The van der Waals surface area contributed by atoms with Crippen LogP contribution in [0.2, 0.25) is 5.28 Å². The topological polar surface area (TPSA) is 29.0 Å². The third-order valence-electron chi connectivity index (χ3n) is 3.66. The average molecular weight is 312 g/mol. The third kappa shape index (κ3) is 3.23. The van der Waals surface area contributed by atoms with Crippen molar-refractivity contribution >= 4 is 39.0 Å². The molecule has 0 N–H and O–H groups in total. The Morgan fingerprint density at radius 1 is 1.30 bits per heavy atom. The van der Waals surface area contributed by atoms with E-state index in [2.05, 4.69) is 48.6 Å². The Morgan fingerprint density at radius 2 is 2.05 bits per heavy atom. The molecule has 0 saturated heterocycles. The lowest BCUT2D eigenvalue weighted by Gasteiger charge is -2.25. The number of anilines is 1. The Hall–Kier alpha value is -0.870. The van der Waals surface area contributed by atoms with Crippen molar-refractivity contribution in [3.8, 4) is 0 Å². The van der Waals surface area contributed by atoms with E-state index >= 15 is 0 Å². The number of aromatic nitrogens is 2. The normalized spacial score (nSPS) is 12.8. The highest BCUT2D eigenvalue weighted by molar-refractivity contribution is 7.18. The zero-order chi connectivity index (χ0) is 14.7. The van der Waals surface area contributed by atoms with E-state index in [4.69, 9.17) is 11.6 Å². The first-order chi connectivity index (χ1) is 9.58. The maximum absolute atomic E-state index is 6.11. The first-order valence-electron chi connectivity index (χ1n) is 7.29. The fourth-order valence-electron chi connectivity index (χ4n) is 2.22. The molecule has 0 spiro atoms. The standard InChI is InChI=1S/C15H22ClN3S/c1-5-10(4)9-19(7-3)13-12-8-11(6-2)20-14(12)18-15(16)17-13/h8,10H,5-7,9H2,1-4H3. The zero-order valence-corrected chi connectivity index (χ0v) is 14.2. The van der Waals surface area contributed by atoms with E-state index in [1.807, 2.05) is 0 Å². The van der Waals surface area contributed by atoms with E-state index in [0.29, 0.717) is 11.2 Å². The van der Waals surface area contributed by atoms with Crippen molar-refractivity contribution in [1.82, 2.24) is 9.97 Å². The molecule has 2 aromatic rings. The molecular weight excluding hydrogens is 290 g/mol. The minimum absolute atomic E-state index is 0.347. The van der Waals surface area contributed by atoms with Crippen molar-refractivity contribution < 1.29 is 0 Å². The summed E-state index contributed by atoms with van der Waals surface area (Å²) >= 11 is 7.82. The van der Waals surface area contributed by atoms with Gasteiger partial charge in [-0.25, -0.2) is 4.98 Å². The van der Waals surface area contributed by atoms with E-state index in [1.54, 1.807) is 11.3 Å². The van der Waals surface area contributed by atoms with Crippen molar-refractivity contribution in [3.05, 3.63) is 16.2 Å². The molecule has 0 aliphatic rings. The fraction of sp³-hybridized carbons (Fsp3) is 0.600. The second-order valence-corrected chi connectivity index (χ2v) is 6.61. The Balaban J connectivity index is 2.47. The van der Waals surface area contributed by atoms with Crippen LogP contribution in [-0.2, 0) is 6.42 Å². The van der Waals surface area contributed by atoms with Crippen LogP contribution in [0.1, 0.15) is 39.0 Å². The number of halogens is 1. The second kappa shape index (κ2) is 6.72. The number of hydrogen-bond donors (Lipinski definition) is 0. The molecule has 0 aliphatic heterocycles. The summed E-state index contributed by atoms with van der Waals surface area (Å²) in [4.78, 5) is 13.5. The van der Waals surface area contributed by atoms with E-state index in [1.165, 1.54) is 11.3 Å². The minimum atomic E-state index is 0.347. The van der Waals surface area contributed by atoms with E-state index < -0.39 is 0 Å². The Kier molecular flexibility index (Phi) is 5.22. The van der Waals surface area contributed by atoms with E-state index in [-0.39, 0.29) is 0 Å². The van der Waals surface area contributed by atoms with Gasteiger partial charge in [0, 0.05) is 18.0 Å². The predicted octanol–water partition coefficient (Wildman–Crippen LogP) is 4.78. The molecule has 0 aromatic carbocycles. The quantitative estimate of drug-likeness (QED) is 0.719. The van der Waals surface area contributed by atoms with Crippen LogP contribution in [0.3, 0.4) is 0 Å². The van der Waals surface area contributed by atoms with Gasteiger partial charge in [-0.3, -0.25) is 0 Å². The van der Waals surface area contributed by atoms with Gasteiger partial charge in [0.2, 0.25) is 5.28 Å². The van der Waals surface area contributed by atoms with Gasteiger partial charge in [-0.1, -0.05) is 27.2 Å². The molecule has 0 bridgehead atoms. The van der Waals surface area contributed by atoms with Crippen LogP contribution in [0, 0.1) is 5.92 Å². The SMILES string of the molecule is CCc1cc2c(N(CC)CC(C)CC)nc(Cl)nc2s1. The molecule has 5 heteroatoms. The molecule has 1 atom stereocenters. The van der Waals surface area contributed by atoms with Gasteiger partial charge in [0.1, 0.15) is 10.6 Å². The smallest absolute Gasteiger partial charge is 0.225 e. The summed E-state index contributed by atoms with van der Waals surface area (Å²) < 4.78 is 0. The lowest BCUT2D eigenvalue weighted by atomic mass is 10.1. The second-order valence-electron chi connectivity index (χ2n) is 5.15. The molecule has 0 amide bonds. The molecule has 20 heavy (non-hydrogen) atoms. The summed E-state index contributed by atoms with van der Waals surface area (Å²) in [6, 6.07) is 2.21. The summed E-state index contributed by atoms with van der Waals surface area (Å²) in [5.41, 5.74) is 0. The lowest BCUT2D eigenvalue weighted by molar-refractivity contribution is 0.546. The highest BCUT2D eigenvalue weighted by atomic mass is 35.5. The lowest BCUT2D eigenvalue weighted by Crippen LogP contribution is -2.29. The molecule has 2 rings (SSSR count). The molecule has 3 nitrogen and oxygen atoms in total. The first kappa shape index (κ1) is 15.5. The van der Waals surface area contributed by atoms with Crippen LogP contribution in [0.4, 0.5) is 5.82 Å². The van der Waals surface area contributed by atoms with Gasteiger partial charge in [0.25, 0.3) is 0 Å². The molecule has 2 heterocycles. The number of hydrogen-bond acceptors (Lipinski definition) is 4. The highest BCUT2D eigenvalue weighted by Crippen LogP contribution is 2.32. The van der Waals surface area contributed by atoms with Crippen LogP contribution in [0.25, 0.3) is 10.2 Å². The third-order valence-corrected chi connectivity index (χ3v) is 5.00.